The summed E-state index contributed by atoms with van der Waals surface area (Å²) in [5.74, 6) is -1.09. The molecule has 2 aromatic carbocycles. The number of esters is 2. The molecule has 0 aliphatic carbocycles. The Balaban J connectivity index is 2.10. The van der Waals surface area contributed by atoms with Crippen molar-refractivity contribution >= 4 is 17.6 Å². The Kier molecular flexibility index (Phi) is 5.26. The molecule has 0 bridgehead atoms. The number of hydrogen-bond acceptors (Lipinski definition) is 6. The molecule has 0 fully saturated rings. The van der Waals surface area contributed by atoms with Crippen LogP contribution in [0.3, 0.4) is 0 Å². The number of nitrogens with zero attached hydrogens (tertiary/aromatic N) is 1. The minimum Gasteiger partial charge on any atom is -0.465 e. The van der Waals surface area contributed by atoms with Crippen molar-refractivity contribution in [3.63, 3.8) is 0 Å². The summed E-state index contributed by atoms with van der Waals surface area (Å²) in [7, 11) is 1.27. The Morgan fingerprint density at radius 2 is 1.62 bits per heavy atom. The van der Waals surface area contributed by atoms with Gasteiger partial charge in [0, 0.05) is 12.1 Å². The summed E-state index contributed by atoms with van der Waals surface area (Å²) in [6, 6.07) is 11.7. The van der Waals surface area contributed by atoms with Gasteiger partial charge in [0.05, 0.1) is 23.2 Å². The molecule has 0 aliphatic rings. The van der Waals surface area contributed by atoms with Gasteiger partial charge in [0.15, 0.2) is 0 Å². The third-order valence-electron chi connectivity index (χ3n) is 3.38. The van der Waals surface area contributed by atoms with Gasteiger partial charge in [0.2, 0.25) is 0 Å². The van der Waals surface area contributed by atoms with Crippen LogP contribution in [0.15, 0.2) is 48.5 Å². The van der Waals surface area contributed by atoms with Gasteiger partial charge in [-0.3, -0.25) is 10.1 Å². The number of non-ortho nitro benzene ring substituents is 1. The van der Waals surface area contributed by atoms with E-state index in [0.29, 0.717) is 11.1 Å². The first-order valence-electron chi connectivity index (χ1n) is 7.06. The summed E-state index contributed by atoms with van der Waals surface area (Å²) < 4.78 is 9.89. The molecule has 0 N–H and O–H groups in total. The van der Waals surface area contributed by atoms with Gasteiger partial charge >= 0.3 is 11.9 Å². The smallest absolute Gasteiger partial charge is 0.338 e. The van der Waals surface area contributed by atoms with Gasteiger partial charge in [0.1, 0.15) is 6.10 Å². The summed E-state index contributed by atoms with van der Waals surface area (Å²) in [6.07, 6.45) is -0.655. The van der Waals surface area contributed by atoms with Gasteiger partial charge < -0.3 is 9.47 Å². The lowest BCUT2D eigenvalue weighted by atomic mass is 10.1. The molecule has 24 heavy (non-hydrogen) atoms. The van der Waals surface area contributed by atoms with E-state index in [0.717, 1.165) is 0 Å². The maximum Gasteiger partial charge on any atom is 0.338 e. The fraction of sp³-hybridized carbons (Fsp3) is 0.176. The Morgan fingerprint density at radius 1 is 1.04 bits per heavy atom. The fourth-order valence-corrected chi connectivity index (χ4v) is 2.05. The van der Waals surface area contributed by atoms with Crippen LogP contribution in [-0.4, -0.2) is 24.0 Å². The first kappa shape index (κ1) is 17.1. The van der Waals surface area contributed by atoms with Gasteiger partial charge in [-0.15, -0.1) is 0 Å². The minimum atomic E-state index is -0.655. The van der Waals surface area contributed by atoms with Gasteiger partial charge in [-0.05, 0) is 36.8 Å². The maximum absolute atomic E-state index is 12.1. The predicted octanol–water partition coefficient (Wildman–Crippen LogP) is 3.30. The summed E-state index contributed by atoms with van der Waals surface area (Å²) in [5, 5.41) is 10.8. The number of nitro groups is 1. The first-order valence-corrected chi connectivity index (χ1v) is 7.06. The summed E-state index contributed by atoms with van der Waals surface area (Å²) >= 11 is 0. The minimum absolute atomic E-state index is 0.0715. The van der Waals surface area contributed by atoms with Crippen molar-refractivity contribution in [3.05, 3.63) is 75.3 Å². The fourth-order valence-electron chi connectivity index (χ4n) is 2.05. The molecule has 2 rings (SSSR count). The Labute approximate surface area is 138 Å². The number of rotatable bonds is 5. The van der Waals surface area contributed by atoms with Crippen molar-refractivity contribution in [1.82, 2.24) is 0 Å². The zero-order valence-electron chi connectivity index (χ0n) is 13.1. The second-order valence-electron chi connectivity index (χ2n) is 4.97. The second-order valence-corrected chi connectivity index (χ2v) is 4.97. The van der Waals surface area contributed by atoms with Crippen LogP contribution in [0.2, 0.25) is 0 Å². The topological polar surface area (TPSA) is 95.7 Å². The van der Waals surface area contributed by atoms with Crippen molar-refractivity contribution in [2.75, 3.05) is 7.11 Å². The lowest BCUT2D eigenvalue weighted by Gasteiger charge is -2.13. The summed E-state index contributed by atoms with van der Waals surface area (Å²) in [4.78, 5) is 33.8. The molecule has 2 aromatic rings. The lowest BCUT2D eigenvalue weighted by molar-refractivity contribution is -0.385. The summed E-state index contributed by atoms with van der Waals surface area (Å²) in [5.41, 5.74) is 1.03. The van der Waals surface area contributed by atoms with Crippen LogP contribution in [0.5, 0.6) is 0 Å². The van der Waals surface area contributed by atoms with E-state index in [2.05, 4.69) is 4.74 Å². The van der Waals surface area contributed by atoms with Crippen LogP contribution in [0.1, 0.15) is 39.3 Å². The molecule has 0 radical (unpaired) electrons. The van der Waals surface area contributed by atoms with E-state index in [1.54, 1.807) is 13.0 Å². The molecule has 0 aromatic heterocycles. The van der Waals surface area contributed by atoms with E-state index in [-0.39, 0.29) is 11.3 Å². The lowest BCUT2D eigenvalue weighted by Crippen LogP contribution is -2.10. The van der Waals surface area contributed by atoms with Crippen LogP contribution in [0, 0.1) is 10.1 Å². The standard InChI is InChI=1S/C17H15NO6/c1-11(14-4-3-5-15(10-14)18(21)22)24-17(20)13-8-6-12(7-9-13)16(19)23-2/h3-11H,1-2H3/t11-/m1/s1. The van der Waals surface area contributed by atoms with Crippen molar-refractivity contribution in [2.45, 2.75) is 13.0 Å². The molecule has 7 nitrogen and oxygen atoms in total. The monoisotopic (exact) mass is 329 g/mol. The number of carbonyl (C=O) groups excluding carboxylic acids is 2. The number of ether oxygens (including phenoxy) is 2. The highest BCUT2D eigenvalue weighted by Crippen LogP contribution is 2.23. The average Bonchev–Trinajstić information content (AvgIpc) is 2.61. The predicted molar refractivity (Wildman–Crippen MR) is 84.7 cm³/mol. The molecule has 0 saturated carbocycles. The molecule has 0 spiro atoms. The molecule has 0 amide bonds. The van der Waals surface area contributed by atoms with Crippen molar-refractivity contribution in [1.29, 1.82) is 0 Å². The van der Waals surface area contributed by atoms with E-state index < -0.39 is 23.0 Å². The molecule has 7 heteroatoms. The third-order valence-corrected chi connectivity index (χ3v) is 3.38. The van der Waals surface area contributed by atoms with Crippen LogP contribution in [0.4, 0.5) is 5.69 Å². The second kappa shape index (κ2) is 7.36. The summed E-state index contributed by atoms with van der Waals surface area (Å²) in [6.45, 7) is 1.62. The highest BCUT2D eigenvalue weighted by atomic mass is 16.6. The van der Waals surface area contributed by atoms with Crippen LogP contribution >= 0.6 is 0 Å². The largest absolute Gasteiger partial charge is 0.465 e. The molecular formula is C17H15NO6. The zero-order valence-corrected chi connectivity index (χ0v) is 13.1. The molecular weight excluding hydrogens is 314 g/mol. The molecule has 1 atom stereocenters. The highest BCUT2D eigenvalue weighted by molar-refractivity contribution is 5.93. The molecule has 124 valence electrons. The zero-order chi connectivity index (χ0) is 17.7. The Hall–Kier alpha value is -3.22. The SMILES string of the molecule is COC(=O)c1ccc(C(=O)O[C@H](C)c2cccc([N+](=O)[O-])c2)cc1. The van der Waals surface area contributed by atoms with Crippen LogP contribution < -0.4 is 0 Å². The van der Waals surface area contributed by atoms with E-state index >= 15 is 0 Å². The average molecular weight is 329 g/mol. The Morgan fingerprint density at radius 3 is 2.17 bits per heavy atom. The van der Waals surface area contributed by atoms with E-state index in [9.17, 15) is 19.7 Å². The van der Waals surface area contributed by atoms with Crippen molar-refractivity contribution in [3.8, 4) is 0 Å². The Bertz CT molecular complexity index is 769. The van der Waals surface area contributed by atoms with Crippen LogP contribution in [0.25, 0.3) is 0 Å². The maximum atomic E-state index is 12.1. The van der Waals surface area contributed by atoms with Gasteiger partial charge in [-0.25, -0.2) is 9.59 Å². The van der Waals surface area contributed by atoms with Crippen LogP contribution in [-0.2, 0) is 9.47 Å². The molecule has 0 aliphatic heterocycles. The van der Waals surface area contributed by atoms with Crippen molar-refractivity contribution in [2.24, 2.45) is 0 Å². The third kappa shape index (κ3) is 3.95. The highest BCUT2D eigenvalue weighted by Gasteiger charge is 2.16. The van der Waals surface area contributed by atoms with E-state index in [4.69, 9.17) is 4.74 Å². The number of methoxy groups -OCH3 is 1. The molecule has 0 saturated heterocycles. The number of carbonyl (C=O) groups is 2. The van der Waals surface area contributed by atoms with Gasteiger partial charge in [-0.2, -0.15) is 0 Å². The normalized spacial score (nSPS) is 11.4. The van der Waals surface area contributed by atoms with Gasteiger partial charge in [-0.1, -0.05) is 12.1 Å². The van der Waals surface area contributed by atoms with E-state index in [1.165, 1.54) is 49.6 Å². The first-order chi connectivity index (χ1) is 11.4. The molecule has 0 unspecified atom stereocenters. The number of nitro benzene ring substituents is 1. The molecule has 0 heterocycles. The number of benzene rings is 2. The van der Waals surface area contributed by atoms with Crippen molar-refractivity contribution < 1.29 is 24.0 Å². The quantitative estimate of drug-likeness (QED) is 0.474. The van der Waals surface area contributed by atoms with E-state index in [1.807, 2.05) is 0 Å². The number of hydrogen-bond donors (Lipinski definition) is 0. The van der Waals surface area contributed by atoms with Gasteiger partial charge in [0.25, 0.3) is 5.69 Å².